The average Bonchev–Trinajstić information content (AvgIpc) is 3.36. The summed E-state index contributed by atoms with van der Waals surface area (Å²) in [6, 6.07) is 28.0. The number of nitrogens with zero attached hydrogens (tertiary/aromatic N) is 1. The van der Waals surface area contributed by atoms with Gasteiger partial charge in [0.15, 0.2) is 0 Å². The zero-order valence-electron chi connectivity index (χ0n) is 20.4. The predicted molar refractivity (Wildman–Crippen MR) is 141 cm³/mol. The lowest BCUT2D eigenvalue weighted by atomic mass is 9.61. The molecule has 0 unspecified atom stereocenters. The van der Waals surface area contributed by atoms with Gasteiger partial charge >= 0.3 is 0 Å². The van der Waals surface area contributed by atoms with Crippen LogP contribution < -0.4 is 9.64 Å². The Morgan fingerprint density at radius 2 is 1.25 bits per heavy atom. The number of hydrogen-bond acceptors (Lipinski definition) is 3. The number of ether oxygens (including phenoxy) is 1. The van der Waals surface area contributed by atoms with Crippen molar-refractivity contribution in [2.75, 3.05) is 11.5 Å². The van der Waals surface area contributed by atoms with E-state index in [-0.39, 0.29) is 11.8 Å². The first kappa shape index (κ1) is 22.5. The highest BCUT2D eigenvalue weighted by Crippen LogP contribution is 2.67. The van der Waals surface area contributed by atoms with Gasteiger partial charge in [-0.15, -0.1) is 0 Å². The van der Waals surface area contributed by atoms with E-state index in [0.717, 1.165) is 22.4 Å². The lowest BCUT2D eigenvalue weighted by Crippen LogP contribution is -2.41. The molecule has 3 aromatic rings. The molecule has 6 rings (SSSR count). The van der Waals surface area contributed by atoms with Gasteiger partial charge in [-0.25, -0.2) is 4.90 Å². The molecule has 0 spiro atoms. The number of allylic oxidation sites excluding steroid dienone is 3. The van der Waals surface area contributed by atoms with Crippen molar-refractivity contribution in [1.82, 2.24) is 0 Å². The Balaban J connectivity index is 1.47. The van der Waals surface area contributed by atoms with Gasteiger partial charge in [0.05, 0.1) is 23.1 Å². The van der Waals surface area contributed by atoms with Gasteiger partial charge in [-0.1, -0.05) is 78.4 Å². The summed E-state index contributed by atoms with van der Waals surface area (Å²) in [6.45, 7) is 2.50. The molecule has 36 heavy (non-hydrogen) atoms. The molecule has 3 aliphatic rings. The second-order valence-electron chi connectivity index (χ2n) is 9.98. The number of rotatable bonds is 5. The number of anilines is 1. The highest BCUT2D eigenvalue weighted by atomic mass is 16.5. The monoisotopic (exact) mass is 475 g/mol. The Morgan fingerprint density at radius 1 is 0.750 bits per heavy atom. The third-order valence-corrected chi connectivity index (χ3v) is 8.16. The Bertz CT molecular complexity index is 1290. The van der Waals surface area contributed by atoms with Crippen molar-refractivity contribution in [3.8, 4) is 5.75 Å². The maximum absolute atomic E-state index is 14.2. The van der Waals surface area contributed by atoms with Gasteiger partial charge in [-0.2, -0.15) is 0 Å². The maximum Gasteiger partial charge on any atom is 0.241 e. The molecule has 2 aliphatic carbocycles. The van der Waals surface area contributed by atoms with E-state index in [1.54, 1.807) is 0 Å². The summed E-state index contributed by atoms with van der Waals surface area (Å²) in [4.78, 5) is 29.9. The summed E-state index contributed by atoms with van der Waals surface area (Å²) in [5.74, 6) is 0.587. The molecule has 2 amide bonds. The maximum atomic E-state index is 14.2. The smallest absolute Gasteiger partial charge is 0.241 e. The van der Waals surface area contributed by atoms with Gasteiger partial charge in [0.25, 0.3) is 0 Å². The van der Waals surface area contributed by atoms with Crippen LogP contribution in [0.4, 0.5) is 5.69 Å². The van der Waals surface area contributed by atoms with E-state index in [1.165, 1.54) is 10.5 Å². The van der Waals surface area contributed by atoms with Crippen LogP contribution in [0.2, 0.25) is 0 Å². The summed E-state index contributed by atoms with van der Waals surface area (Å²) in [5.41, 5.74) is 3.73. The fraction of sp³-hybridized carbons (Fsp3) is 0.250. The van der Waals surface area contributed by atoms with Crippen molar-refractivity contribution >= 4 is 23.1 Å². The number of carbonyl (C=O) groups is 2. The molecule has 3 aromatic carbocycles. The molecule has 1 aliphatic heterocycles. The summed E-state index contributed by atoms with van der Waals surface area (Å²) >= 11 is 0. The largest absolute Gasteiger partial charge is 0.494 e. The van der Waals surface area contributed by atoms with E-state index < -0.39 is 10.8 Å². The molecule has 180 valence electrons. The molecule has 1 saturated carbocycles. The Kier molecular flexibility index (Phi) is 5.40. The van der Waals surface area contributed by atoms with Crippen molar-refractivity contribution in [2.45, 2.75) is 32.6 Å². The summed E-state index contributed by atoms with van der Waals surface area (Å²) in [6.07, 6.45) is 6.55. The number of imide groups is 1. The minimum absolute atomic E-state index is 0.0727. The van der Waals surface area contributed by atoms with E-state index in [4.69, 9.17) is 4.74 Å². The molecular formula is C32H29NO3. The fourth-order valence-electron chi connectivity index (χ4n) is 6.54. The van der Waals surface area contributed by atoms with Crippen LogP contribution in [0, 0.1) is 10.8 Å². The van der Waals surface area contributed by atoms with Crippen LogP contribution in [0.15, 0.2) is 103 Å². The van der Waals surface area contributed by atoms with Crippen LogP contribution in [0.1, 0.15) is 43.7 Å². The Morgan fingerprint density at radius 3 is 1.72 bits per heavy atom. The predicted octanol–water partition coefficient (Wildman–Crippen LogP) is 6.58. The van der Waals surface area contributed by atoms with Crippen LogP contribution in [0.3, 0.4) is 0 Å². The topological polar surface area (TPSA) is 46.6 Å². The molecule has 4 heteroatoms. The lowest BCUT2D eigenvalue weighted by Gasteiger charge is -2.36. The number of amides is 2. The third-order valence-electron chi connectivity index (χ3n) is 8.16. The Labute approximate surface area is 211 Å². The van der Waals surface area contributed by atoms with E-state index >= 15 is 0 Å². The van der Waals surface area contributed by atoms with Crippen LogP contribution in [-0.2, 0) is 9.59 Å². The second-order valence-corrected chi connectivity index (χ2v) is 9.98. The average molecular weight is 476 g/mol. The van der Waals surface area contributed by atoms with E-state index in [9.17, 15) is 9.59 Å². The van der Waals surface area contributed by atoms with Crippen LogP contribution in [0.25, 0.3) is 5.57 Å². The van der Waals surface area contributed by atoms with Crippen molar-refractivity contribution in [3.63, 3.8) is 0 Å². The minimum atomic E-state index is -0.748. The molecule has 0 bridgehead atoms. The zero-order chi connectivity index (χ0) is 24.8. The molecular weight excluding hydrogens is 446 g/mol. The van der Waals surface area contributed by atoms with E-state index in [2.05, 4.69) is 36.4 Å². The molecule has 2 fully saturated rings. The van der Waals surface area contributed by atoms with Crippen molar-refractivity contribution in [2.24, 2.45) is 10.8 Å². The van der Waals surface area contributed by atoms with Crippen molar-refractivity contribution < 1.29 is 14.3 Å². The standard InChI is InChI=1S/C32H29NO3/c1-2-36-27-17-15-26(16-18-27)33-29(34)31-19-9-10-20-32(31,30(33)35)22-25(21-31)28(23-11-5-3-6-12-23)24-13-7-4-8-14-24/h3-18H,2,19-22H2,1H3/t31-,32+. The first-order chi connectivity index (χ1) is 17.6. The summed E-state index contributed by atoms with van der Waals surface area (Å²) < 4.78 is 5.56. The molecule has 1 heterocycles. The van der Waals surface area contributed by atoms with Gasteiger partial charge in [-0.3, -0.25) is 9.59 Å². The molecule has 0 radical (unpaired) electrons. The van der Waals surface area contributed by atoms with Crippen LogP contribution in [-0.4, -0.2) is 18.4 Å². The van der Waals surface area contributed by atoms with Crippen molar-refractivity contribution in [3.05, 3.63) is 114 Å². The molecule has 0 N–H and O–H groups in total. The van der Waals surface area contributed by atoms with Gasteiger partial charge in [0.1, 0.15) is 5.75 Å². The van der Waals surface area contributed by atoms with Crippen LogP contribution >= 0.6 is 0 Å². The van der Waals surface area contributed by atoms with Crippen LogP contribution in [0.5, 0.6) is 5.75 Å². The summed E-state index contributed by atoms with van der Waals surface area (Å²) in [7, 11) is 0. The lowest BCUT2D eigenvalue weighted by molar-refractivity contribution is -0.132. The quantitative estimate of drug-likeness (QED) is 0.309. The van der Waals surface area contributed by atoms with E-state index in [0.29, 0.717) is 38.0 Å². The van der Waals surface area contributed by atoms with Crippen molar-refractivity contribution in [1.29, 1.82) is 0 Å². The first-order valence-corrected chi connectivity index (χ1v) is 12.7. The van der Waals surface area contributed by atoms with Gasteiger partial charge < -0.3 is 4.74 Å². The third kappa shape index (κ3) is 3.21. The highest BCUT2D eigenvalue weighted by molar-refractivity contribution is 6.26. The number of hydrogen-bond donors (Lipinski definition) is 0. The van der Waals surface area contributed by atoms with E-state index in [1.807, 2.05) is 67.6 Å². The Hall–Kier alpha value is -3.92. The zero-order valence-corrected chi connectivity index (χ0v) is 20.4. The van der Waals surface area contributed by atoms with Gasteiger partial charge in [0.2, 0.25) is 11.8 Å². The highest BCUT2D eigenvalue weighted by Gasteiger charge is 2.72. The molecule has 2 atom stereocenters. The summed E-state index contributed by atoms with van der Waals surface area (Å²) in [5, 5.41) is 0. The molecule has 0 aromatic heterocycles. The number of benzene rings is 3. The van der Waals surface area contributed by atoms with Gasteiger partial charge in [0, 0.05) is 0 Å². The number of carbonyl (C=O) groups excluding carboxylic acids is 2. The van der Waals surface area contributed by atoms with Gasteiger partial charge in [-0.05, 0) is 73.6 Å². The normalized spacial score (nSPS) is 24.6. The fourth-order valence-corrected chi connectivity index (χ4v) is 6.54. The molecule has 1 saturated heterocycles. The minimum Gasteiger partial charge on any atom is -0.494 e. The first-order valence-electron chi connectivity index (χ1n) is 12.7. The SMILES string of the molecule is CCOc1ccc(N2C(=O)[C@@]34CC=CC[C@@]3(CC(=C(c3ccccc3)c3ccccc3)C4)C2=O)cc1. The second kappa shape index (κ2) is 8.63. The molecule has 4 nitrogen and oxygen atoms in total.